The zero-order chi connectivity index (χ0) is 8.97. The topological polar surface area (TPSA) is 37.8 Å². The monoisotopic (exact) mass is 201 g/mol. The molecule has 12 heavy (non-hydrogen) atoms. The van der Waals surface area contributed by atoms with Crippen LogP contribution in [0.4, 0.5) is 5.95 Å². The van der Waals surface area contributed by atoms with Crippen molar-refractivity contribution in [2.75, 3.05) is 11.9 Å². The highest BCUT2D eigenvalue weighted by atomic mass is 35.5. The Hall–Kier alpha value is -0.980. The van der Waals surface area contributed by atoms with Crippen LogP contribution in [0.25, 0.3) is 0 Å². The van der Waals surface area contributed by atoms with Gasteiger partial charge in [-0.1, -0.05) is 29.1 Å². The number of rotatable bonds is 2. The van der Waals surface area contributed by atoms with Gasteiger partial charge in [-0.25, -0.2) is 9.97 Å². The lowest BCUT2D eigenvalue weighted by atomic mass is 10.6. The van der Waals surface area contributed by atoms with Crippen molar-refractivity contribution in [1.82, 2.24) is 9.97 Å². The predicted octanol–water partition coefficient (Wildman–Crippen LogP) is 1.83. The first-order valence-corrected chi connectivity index (χ1v) is 3.85. The van der Waals surface area contributed by atoms with Crippen molar-refractivity contribution in [3.63, 3.8) is 0 Å². The minimum Gasteiger partial charge on any atom is -0.343 e. The summed E-state index contributed by atoms with van der Waals surface area (Å²) in [6, 6.07) is 1.45. The number of nitrogens with zero attached hydrogens (tertiary/aromatic N) is 2. The number of nitrogens with one attached hydrogen (secondary N) is 1. The second kappa shape index (κ2) is 4.15. The molecule has 0 bridgehead atoms. The molecule has 62 valence electrons. The Balaban J connectivity index is 2.80. The molecule has 5 heteroatoms. The molecule has 0 amide bonds. The molecule has 0 saturated heterocycles. The van der Waals surface area contributed by atoms with E-state index in [1.807, 2.05) is 0 Å². The molecule has 0 atom stereocenters. The van der Waals surface area contributed by atoms with E-state index in [1.54, 1.807) is 0 Å². The van der Waals surface area contributed by atoms with Crippen LogP contribution in [0.3, 0.4) is 0 Å². The van der Waals surface area contributed by atoms with Crippen LogP contribution in [-0.2, 0) is 0 Å². The Kier molecular flexibility index (Phi) is 3.15. The molecule has 1 aromatic heterocycles. The fourth-order valence-corrected chi connectivity index (χ4v) is 1.02. The Morgan fingerprint density at radius 2 is 2.00 bits per heavy atom. The third-order valence-electron chi connectivity index (χ3n) is 1.01. The van der Waals surface area contributed by atoms with Crippen molar-refractivity contribution in [3.05, 3.63) is 16.4 Å². The Bertz CT molecular complexity index is 299. The van der Waals surface area contributed by atoms with E-state index in [9.17, 15) is 0 Å². The van der Waals surface area contributed by atoms with Gasteiger partial charge in [0.25, 0.3) is 0 Å². The second-order valence-electron chi connectivity index (χ2n) is 1.89. The van der Waals surface area contributed by atoms with Crippen LogP contribution in [0.15, 0.2) is 6.07 Å². The molecule has 0 unspecified atom stereocenters. The van der Waals surface area contributed by atoms with Crippen LogP contribution < -0.4 is 5.32 Å². The lowest BCUT2D eigenvalue weighted by Crippen LogP contribution is -2.03. The Morgan fingerprint density at radius 1 is 1.42 bits per heavy atom. The third kappa shape index (κ3) is 2.57. The van der Waals surface area contributed by atoms with Gasteiger partial charge in [-0.3, -0.25) is 0 Å². The fraction of sp³-hybridized carbons (Fsp3) is 0.143. The first-order chi connectivity index (χ1) is 5.72. The quantitative estimate of drug-likeness (QED) is 0.587. The summed E-state index contributed by atoms with van der Waals surface area (Å²) in [5.74, 6) is 2.72. The number of terminal acetylenes is 1. The number of hydrogen-bond acceptors (Lipinski definition) is 3. The maximum absolute atomic E-state index is 5.60. The molecule has 0 aliphatic carbocycles. The van der Waals surface area contributed by atoms with E-state index in [1.165, 1.54) is 6.07 Å². The number of halogens is 2. The smallest absolute Gasteiger partial charge is 0.226 e. The molecular weight excluding hydrogens is 197 g/mol. The molecule has 1 heterocycles. The van der Waals surface area contributed by atoms with Crippen LogP contribution in [0.2, 0.25) is 10.3 Å². The van der Waals surface area contributed by atoms with Gasteiger partial charge in [-0.05, 0) is 0 Å². The van der Waals surface area contributed by atoms with E-state index in [-0.39, 0.29) is 10.3 Å². The van der Waals surface area contributed by atoms with E-state index in [4.69, 9.17) is 29.6 Å². The van der Waals surface area contributed by atoms with Crippen molar-refractivity contribution in [3.8, 4) is 12.3 Å². The highest BCUT2D eigenvalue weighted by molar-refractivity contribution is 6.33. The average molecular weight is 202 g/mol. The summed E-state index contributed by atoms with van der Waals surface area (Å²) in [6.07, 6.45) is 5.02. The summed E-state index contributed by atoms with van der Waals surface area (Å²) in [6.45, 7) is 0.344. The third-order valence-corrected chi connectivity index (χ3v) is 1.40. The molecule has 0 aliphatic heterocycles. The summed E-state index contributed by atoms with van der Waals surface area (Å²) in [7, 11) is 0. The van der Waals surface area contributed by atoms with E-state index >= 15 is 0 Å². The molecule has 0 radical (unpaired) electrons. The van der Waals surface area contributed by atoms with Crippen molar-refractivity contribution in [1.29, 1.82) is 0 Å². The van der Waals surface area contributed by atoms with E-state index < -0.39 is 0 Å². The van der Waals surface area contributed by atoms with Crippen molar-refractivity contribution in [2.45, 2.75) is 0 Å². The van der Waals surface area contributed by atoms with E-state index in [0.29, 0.717) is 12.5 Å². The molecule has 0 fully saturated rings. The van der Waals surface area contributed by atoms with Gasteiger partial charge in [-0.15, -0.1) is 6.42 Å². The summed E-state index contributed by atoms with van der Waals surface area (Å²) in [4.78, 5) is 7.67. The number of anilines is 1. The van der Waals surface area contributed by atoms with Gasteiger partial charge >= 0.3 is 0 Å². The maximum atomic E-state index is 5.60. The van der Waals surface area contributed by atoms with Crippen LogP contribution in [0.5, 0.6) is 0 Å². The SMILES string of the molecule is C#CCNc1nc(Cl)cc(Cl)n1. The summed E-state index contributed by atoms with van der Waals surface area (Å²) < 4.78 is 0. The summed E-state index contributed by atoms with van der Waals surface area (Å²) >= 11 is 11.2. The zero-order valence-corrected chi connectivity index (χ0v) is 7.52. The highest BCUT2D eigenvalue weighted by Gasteiger charge is 1.98. The first-order valence-electron chi connectivity index (χ1n) is 3.10. The second-order valence-corrected chi connectivity index (χ2v) is 2.67. The lowest BCUT2D eigenvalue weighted by Gasteiger charge is -2.00. The number of hydrogen-bond donors (Lipinski definition) is 1. The zero-order valence-electron chi connectivity index (χ0n) is 6.01. The maximum Gasteiger partial charge on any atom is 0.226 e. The largest absolute Gasteiger partial charge is 0.343 e. The molecule has 0 aromatic carbocycles. The van der Waals surface area contributed by atoms with Gasteiger partial charge in [0.1, 0.15) is 10.3 Å². The van der Waals surface area contributed by atoms with Gasteiger partial charge in [0.2, 0.25) is 5.95 Å². The van der Waals surface area contributed by atoms with Crippen LogP contribution in [0, 0.1) is 12.3 Å². The molecule has 0 saturated carbocycles. The van der Waals surface area contributed by atoms with Crippen molar-refractivity contribution < 1.29 is 0 Å². The van der Waals surface area contributed by atoms with E-state index in [2.05, 4.69) is 21.2 Å². The fourth-order valence-electron chi connectivity index (χ4n) is 0.599. The van der Waals surface area contributed by atoms with Gasteiger partial charge in [-0.2, -0.15) is 0 Å². The lowest BCUT2D eigenvalue weighted by molar-refractivity contribution is 1.13. The van der Waals surface area contributed by atoms with Crippen LogP contribution in [0.1, 0.15) is 0 Å². The molecular formula is C7H5Cl2N3. The molecule has 0 spiro atoms. The summed E-state index contributed by atoms with van der Waals surface area (Å²) in [5.41, 5.74) is 0. The Morgan fingerprint density at radius 3 is 2.50 bits per heavy atom. The minimum atomic E-state index is 0.287. The van der Waals surface area contributed by atoms with Gasteiger partial charge in [0.05, 0.1) is 6.54 Å². The average Bonchev–Trinajstić information content (AvgIpc) is 1.99. The van der Waals surface area contributed by atoms with Gasteiger partial charge in [0.15, 0.2) is 0 Å². The molecule has 0 aliphatic rings. The van der Waals surface area contributed by atoms with Crippen LogP contribution >= 0.6 is 23.2 Å². The van der Waals surface area contributed by atoms with Crippen LogP contribution in [-0.4, -0.2) is 16.5 Å². The van der Waals surface area contributed by atoms with Gasteiger partial charge < -0.3 is 5.32 Å². The van der Waals surface area contributed by atoms with E-state index in [0.717, 1.165) is 0 Å². The molecule has 1 rings (SSSR count). The number of aromatic nitrogens is 2. The highest BCUT2D eigenvalue weighted by Crippen LogP contribution is 2.13. The molecule has 3 nitrogen and oxygen atoms in total. The first kappa shape index (κ1) is 9.11. The normalized spacial score (nSPS) is 9.08. The minimum absolute atomic E-state index is 0.287. The van der Waals surface area contributed by atoms with Crippen molar-refractivity contribution in [2.24, 2.45) is 0 Å². The Labute approximate surface area is 80.1 Å². The molecule has 1 N–H and O–H groups in total. The van der Waals surface area contributed by atoms with Crippen molar-refractivity contribution >= 4 is 29.2 Å². The molecule has 1 aromatic rings. The predicted molar refractivity (Wildman–Crippen MR) is 49.4 cm³/mol. The standard InChI is InChI=1S/C7H5Cl2N3/c1-2-3-10-7-11-5(8)4-6(9)12-7/h1,4H,3H2,(H,10,11,12). The summed E-state index contributed by atoms with van der Waals surface area (Å²) in [5, 5.41) is 3.32. The van der Waals surface area contributed by atoms with Gasteiger partial charge in [0, 0.05) is 6.07 Å².